The van der Waals surface area contributed by atoms with Crippen molar-refractivity contribution in [2.75, 3.05) is 11.9 Å². The number of carbonyl (C=O) groups is 1. The van der Waals surface area contributed by atoms with Crippen molar-refractivity contribution in [2.24, 2.45) is 0 Å². The molecule has 0 spiro atoms. The summed E-state index contributed by atoms with van der Waals surface area (Å²) in [4.78, 5) is 17.0. The zero-order chi connectivity index (χ0) is 18.0. The summed E-state index contributed by atoms with van der Waals surface area (Å²) < 4.78 is 0.812. The van der Waals surface area contributed by atoms with Crippen molar-refractivity contribution in [3.63, 3.8) is 0 Å². The number of halogens is 3. The van der Waals surface area contributed by atoms with Gasteiger partial charge in [0.15, 0.2) is 0 Å². The van der Waals surface area contributed by atoms with Crippen LogP contribution < -0.4 is 5.32 Å². The largest absolute Gasteiger partial charge is 0.396 e. The first-order chi connectivity index (χ1) is 12.0. The van der Waals surface area contributed by atoms with E-state index in [2.05, 4.69) is 26.2 Å². The number of aliphatic hydroxyl groups is 1. The highest BCUT2D eigenvalue weighted by Gasteiger charge is 2.17. The lowest BCUT2D eigenvalue weighted by molar-refractivity contribution is 0.102. The molecule has 2 N–H and O–H groups in total. The van der Waals surface area contributed by atoms with Gasteiger partial charge in [-0.2, -0.15) is 0 Å². The van der Waals surface area contributed by atoms with Gasteiger partial charge in [-0.3, -0.25) is 9.78 Å². The number of anilines is 1. The number of aliphatic hydroxyl groups excluding tert-OH is 1. The highest BCUT2D eigenvalue weighted by atomic mass is 79.9. The number of nitrogens with one attached hydrogen (secondary N) is 1. The third-order valence-electron chi connectivity index (χ3n) is 3.76. The fourth-order valence-corrected chi connectivity index (χ4v) is 3.70. The molecule has 0 aliphatic carbocycles. The maximum Gasteiger partial charge on any atom is 0.258 e. The van der Waals surface area contributed by atoms with E-state index in [1.54, 1.807) is 30.5 Å². The van der Waals surface area contributed by atoms with Crippen molar-refractivity contribution in [3.8, 4) is 0 Å². The molecule has 2 aromatic carbocycles. The van der Waals surface area contributed by atoms with Crippen molar-refractivity contribution < 1.29 is 9.90 Å². The van der Waals surface area contributed by atoms with Gasteiger partial charge in [-0.1, -0.05) is 41.4 Å². The third kappa shape index (κ3) is 3.65. The number of rotatable bonds is 4. The lowest BCUT2D eigenvalue weighted by Gasteiger charge is -2.13. The summed E-state index contributed by atoms with van der Waals surface area (Å²) in [5.74, 6) is -0.406. The number of nitrogens with zero attached hydrogens (tertiary/aromatic N) is 1. The molecule has 0 radical (unpaired) electrons. The van der Waals surface area contributed by atoms with E-state index < -0.39 is 5.91 Å². The van der Waals surface area contributed by atoms with Gasteiger partial charge >= 0.3 is 0 Å². The van der Waals surface area contributed by atoms with Crippen molar-refractivity contribution in [3.05, 3.63) is 68.2 Å². The van der Waals surface area contributed by atoms with Crippen molar-refractivity contribution >= 4 is 61.6 Å². The minimum Gasteiger partial charge on any atom is -0.396 e. The van der Waals surface area contributed by atoms with Gasteiger partial charge in [0.25, 0.3) is 5.91 Å². The van der Waals surface area contributed by atoms with Crippen molar-refractivity contribution in [1.82, 2.24) is 4.98 Å². The van der Waals surface area contributed by atoms with E-state index in [9.17, 15) is 9.90 Å². The van der Waals surface area contributed by atoms with Crippen LogP contribution in [0.2, 0.25) is 10.0 Å². The highest BCUT2D eigenvalue weighted by molar-refractivity contribution is 9.10. The molecule has 128 valence electrons. The molecule has 7 heteroatoms. The van der Waals surface area contributed by atoms with Crippen LogP contribution in [-0.4, -0.2) is 22.6 Å². The zero-order valence-electron chi connectivity index (χ0n) is 12.9. The Labute approximate surface area is 162 Å². The Balaban J connectivity index is 2.05. The van der Waals surface area contributed by atoms with E-state index in [1.807, 2.05) is 12.1 Å². The van der Waals surface area contributed by atoms with Gasteiger partial charge in [0.05, 0.1) is 26.8 Å². The molecule has 0 fully saturated rings. The van der Waals surface area contributed by atoms with Crippen LogP contribution in [-0.2, 0) is 6.42 Å². The van der Waals surface area contributed by atoms with Crippen LogP contribution in [0.25, 0.3) is 10.9 Å². The number of carbonyl (C=O) groups excluding carboxylic acids is 1. The van der Waals surface area contributed by atoms with Gasteiger partial charge in [-0.25, -0.2) is 0 Å². The Morgan fingerprint density at radius 3 is 2.52 bits per heavy atom. The second-order valence-corrected chi connectivity index (χ2v) is 6.98. The molecule has 3 aromatic rings. The maximum absolute atomic E-state index is 12.6. The lowest BCUT2D eigenvalue weighted by Crippen LogP contribution is -2.14. The number of pyridine rings is 1. The normalized spacial score (nSPS) is 10.9. The predicted octanol–water partition coefficient (Wildman–Crippen LogP) is 5.09. The van der Waals surface area contributed by atoms with Gasteiger partial charge in [0.2, 0.25) is 0 Å². The Bertz CT molecular complexity index is 943. The summed E-state index contributed by atoms with van der Waals surface area (Å²) >= 11 is 15.7. The molecule has 0 saturated heterocycles. The fraction of sp³-hybridized carbons (Fsp3) is 0.111. The van der Waals surface area contributed by atoms with E-state index in [4.69, 9.17) is 23.2 Å². The van der Waals surface area contributed by atoms with Crippen LogP contribution in [0.3, 0.4) is 0 Å². The van der Waals surface area contributed by atoms with Crippen LogP contribution in [0.15, 0.2) is 47.1 Å². The zero-order valence-corrected chi connectivity index (χ0v) is 16.0. The predicted molar refractivity (Wildman–Crippen MR) is 105 cm³/mol. The fourth-order valence-electron chi connectivity index (χ4n) is 2.62. The SMILES string of the molecule is O=C(Nc1cccc2c(CCO)c(Br)cnc12)c1c(Cl)cccc1Cl. The molecular weight excluding hydrogens is 427 g/mol. The molecule has 0 atom stereocenters. The number of amides is 1. The monoisotopic (exact) mass is 438 g/mol. The van der Waals surface area contributed by atoms with Crippen LogP contribution in [0.5, 0.6) is 0 Å². The van der Waals surface area contributed by atoms with Crippen LogP contribution >= 0.6 is 39.1 Å². The average Bonchev–Trinajstić information content (AvgIpc) is 2.57. The second-order valence-electron chi connectivity index (χ2n) is 5.31. The number of benzene rings is 2. The molecule has 25 heavy (non-hydrogen) atoms. The molecule has 1 heterocycles. The minimum absolute atomic E-state index is 0.0174. The standard InChI is InChI=1S/C18H13BrCl2N2O2/c19-12-9-22-17-11(10(12)7-8-24)3-1-6-15(17)23-18(25)16-13(20)4-2-5-14(16)21/h1-6,9,24H,7-8H2,(H,23,25). The van der Waals surface area contributed by atoms with E-state index >= 15 is 0 Å². The summed E-state index contributed by atoms with van der Waals surface area (Å²) in [6.45, 7) is 0.0174. The molecule has 0 aliphatic rings. The Kier molecular flexibility index (Phi) is 5.59. The molecule has 0 bridgehead atoms. The van der Waals surface area contributed by atoms with E-state index in [0.717, 1.165) is 15.4 Å². The van der Waals surface area contributed by atoms with Crippen LogP contribution in [0, 0.1) is 0 Å². The number of hydrogen-bond donors (Lipinski definition) is 2. The number of fused-ring (bicyclic) bond motifs is 1. The summed E-state index contributed by atoms with van der Waals surface area (Å²) in [6, 6.07) is 10.4. The van der Waals surface area contributed by atoms with E-state index in [0.29, 0.717) is 17.6 Å². The Morgan fingerprint density at radius 1 is 1.16 bits per heavy atom. The Hall–Kier alpha value is -1.66. The highest BCUT2D eigenvalue weighted by Crippen LogP contribution is 2.31. The lowest BCUT2D eigenvalue weighted by atomic mass is 10.1. The second kappa shape index (κ2) is 7.70. The van der Waals surface area contributed by atoms with Gasteiger partial charge < -0.3 is 10.4 Å². The summed E-state index contributed by atoms with van der Waals surface area (Å²) in [5, 5.41) is 13.5. The minimum atomic E-state index is -0.406. The topological polar surface area (TPSA) is 62.2 Å². The van der Waals surface area contributed by atoms with Crippen LogP contribution in [0.4, 0.5) is 5.69 Å². The molecular formula is C18H13BrCl2N2O2. The van der Waals surface area contributed by atoms with Gasteiger partial charge in [-0.15, -0.1) is 0 Å². The molecule has 0 aliphatic heterocycles. The first kappa shape index (κ1) is 18.1. The maximum atomic E-state index is 12.6. The molecule has 4 nitrogen and oxygen atoms in total. The quantitative estimate of drug-likeness (QED) is 0.594. The average molecular weight is 440 g/mol. The number of para-hydroxylation sites is 1. The van der Waals surface area contributed by atoms with E-state index in [1.165, 1.54) is 0 Å². The number of aromatic nitrogens is 1. The molecule has 3 rings (SSSR count). The van der Waals surface area contributed by atoms with Crippen LogP contribution in [0.1, 0.15) is 15.9 Å². The van der Waals surface area contributed by atoms with Gasteiger partial charge in [0.1, 0.15) is 0 Å². The summed E-state index contributed by atoms with van der Waals surface area (Å²) in [6.07, 6.45) is 2.14. The van der Waals surface area contributed by atoms with Crippen molar-refractivity contribution in [2.45, 2.75) is 6.42 Å². The molecule has 1 aromatic heterocycles. The first-order valence-corrected chi connectivity index (χ1v) is 9.00. The Morgan fingerprint density at radius 2 is 1.84 bits per heavy atom. The molecule has 0 unspecified atom stereocenters. The molecule has 1 amide bonds. The summed E-state index contributed by atoms with van der Waals surface area (Å²) in [7, 11) is 0. The number of hydrogen-bond acceptors (Lipinski definition) is 3. The third-order valence-corrected chi connectivity index (χ3v) is 5.07. The van der Waals surface area contributed by atoms with E-state index in [-0.39, 0.29) is 22.2 Å². The summed E-state index contributed by atoms with van der Waals surface area (Å²) in [5.41, 5.74) is 2.32. The van der Waals surface area contributed by atoms with Gasteiger partial charge in [0, 0.05) is 22.7 Å². The van der Waals surface area contributed by atoms with Crippen molar-refractivity contribution in [1.29, 1.82) is 0 Å². The van der Waals surface area contributed by atoms with Gasteiger partial charge in [-0.05, 0) is 46.1 Å². The first-order valence-electron chi connectivity index (χ1n) is 7.45. The molecule has 0 saturated carbocycles. The smallest absolute Gasteiger partial charge is 0.258 e.